The molecule has 1 fully saturated rings. The third kappa shape index (κ3) is 4.39. The molecule has 146 valence electrons. The van der Waals surface area contributed by atoms with E-state index in [4.69, 9.17) is 4.74 Å². The molecule has 2 aromatic rings. The van der Waals surface area contributed by atoms with Crippen molar-refractivity contribution in [3.63, 3.8) is 0 Å². The number of carbonyl (C=O) groups is 1. The lowest BCUT2D eigenvalue weighted by atomic mass is 9.96. The van der Waals surface area contributed by atoms with Gasteiger partial charge in [0.15, 0.2) is 0 Å². The number of carboxylic acids is 1. The number of rotatable bonds is 6. The predicted molar refractivity (Wildman–Crippen MR) is 104 cm³/mol. The number of ether oxygens (including phenoxy) is 1. The van der Waals surface area contributed by atoms with Crippen LogP contribution in [0.15, 0.2) is 24.3 Å². The maximum Gasteiger partial charge on any atom is 0.325 e. The van der Waals surface area contributed by atoms with E-state index in [1.54, 1.807) is 0 Å². The first-order chi connectivity index (χ1) is 12.9. The average Bonchev–Trinajstić information content (AvgIpc) is 2.95. The zero-order valence-electron chi connectivity index (χ0n) is 16.6. The van der Waals surface area contributed by atoms with Gasteiger partial charge in [0.25, 0.3) is 0 Å². The molecule has 1 aliphatic rings. The summed E-state index contributed by atoms with van der Waals surface area (Å²) >= 11 is 0. The number of likely N-dealkylation sites (N-methyl/N-ethyl adjacent to an activating group) is 1. The van der Waals surface area contributed by atoms with Gasteiger partial charge in [-0.1, -0.05) is 12.1 Å². The van der Waals surface area contributed by atoms with Crippen molar-refractivity contribution in [2.45, 2.75) is 39.7 Å². The number of aryl methyl sites for hydroxylation is 3. The summed E-state index contributed by atoms with van der Waals surface area (Å²) in [5, 5.41) is 14.6. The van der Waals surface area contributed by atoms with Crippen molar-refractivity contribution in [2.24, 2.45) is 5.92 Å². The van der Waals surface area contributed by atoms with Crippen molar-refractivity contribution in [3.8, 4) is 5.69 Å². The lowest BCUT2D eigenvalue weighted by molar-refractivity contribution is -0.143. The monoisotopic (exact) mass is 371 g/mol. The zero-order valence-corrected chi connectivity index (χ0v) is 16.6. The van der Waals surface area contributed by atoms with Crippen molar-refractivity contribution >= 4 is 5.97 Å². The first-order valence-corrected chi connectivity index (χ1v) is 9.52. The van der Waals surface area contributed by atoms with Crippen LogP contribution in [0, 0.1) is 26.7 Å². The molecule has 1 aliphatic heterocycles. The SMILES string of the molecule is Cc1ccc(C(C(=O)O)N(C)CC2CCOCC2)c(-n2nc(C)cc2C)c1. The van der Waals surface area contributed by atoms with Gasteiger partial charge in [-0.05, 0) is 64.3 Å². The van der Waals surface area contributed by atoms with Gasteiger partial charge in [0.1, 0.15) is 6.04 Å². The Kier molecular flexibility index (Phi) is 5.97. The Balaban J connectivity index is 1.98. The highest BCUT2D eigenvalue weighted by Crippen LogP contribution is 2.30. The van der Waals surface area contributed by atoms with Gasteiger partial charge in [-0.25, -0.2) is 4.68 Å². The second-order valence-corrected chi connectivity index (χ2v) is 7.64. The van der Waals surface area contributed by atoms with Crippen molar-refractivity contribution < 1.29 is 14.6 Å². The second kappa shape index (κ2) is 8.23. The minimum atomic E-state index is -0.837. The molecule has 0 amide bonds. The summed E-state index contributed by atoms with van der Waals surface area (Å²) in [6, 6.07) is 7.22. The maximum absolute atomic E-state index is 12.2. The van der Waals surface area contributed by atoms with Gasteiger partial charge in [-0.2, -0.15) is 5.10 Å². The third-order valence-corrected chi connectivity index (χ3v) is 5.28. The normalized spacial score (nSPS) is 16.6. The zero-order chi connectivity index (χ0) is 19.6. The van der Waals surface area contributed by atoms with E-state index >= 15 is 0 Å². The smallest absolute Gasteiger partial charge is 0.325 e. The number of nitrogens with zero attached hydrogens (tertiary/aromatic N) is 3. The van der Waals surface area contributed by atoms with Gasteiger partial charge in [-0.3, -0.25) is 9.69 Å². The standard InChI is InChI=1S/C21H29N3O3/c1-14-5-6-18(19(11-14)24-16(3)12-15(2)22-24)20(21(25)26)23(4)13-17-7-9-27-10-8-17/h5-6,11-12,17,20H,7-10,13H2,1-4H3,(H,25,26). The number of aliphatic carboxylic acids is 1. The van der Waals surface area contributed by atoms with Crippen LogP contribution in [0.2, 0.25) is 0 Å². The molecule has 0 spiro atoms. The second-order valence-electron chi connectivity index (χ2n) is 7.64. The van der Waals surface area contributed by atoms with E-state index in [0.29, 0.717) is 5.92 Å². The molecule has 2 heterocycles. The fraction of sp³-hybridized carbons (Fsp3) is 0.524. The molecule has 0 saturated carbocycles. The quantitative estimate of drug-likeness (QED) is 0.844. The summed E-state index contributed by atoms with van der Waals surface area (Å²) < 4.78 is 7.29. The molecule has 1 N–H and O–H groups in total. The summed E-state index contributed by atoms with van der Waals surface area (Å²) in [6.07, 6.45) is 1.96. The van der Waals surface area contributed by atoms with Crippen molar-refractivity contribution in [3.05, 3.63) is 46.8 Å². The predicted octanol–water partition coefficient (Wildman–Crippen LogP) is 3.28. The van der Waals surface area contributed by atoms with E-state index in [1.807, 2.05) is 61.7 Å². The number of hydrogen-bond donors (Lipinski definition) is 1. The average molecular weight is 371 g/mol. The van der Waals surface area contributed by atoms with Crippen LogP contribution in [0.5, 0.6) is 0 Å². The molecule has 27 heavy (non-hydrogen) atoms. The number of aromatic nitrogens is 2. The number of benzene rings is 1. The fourth-order valence-electron chi connectivity index (χ4n) is 3.94. The number of carboxylic acid groups (broad SMARTS) is 1. The van der Waals surface area contributed by atoms with Gasteiger partial charge < -0.3 is 9.84 Å². The molecule has 6 heteroatoms. The highest BCUT2D eigenvalue weighted by Gasteiger charge is 2.30. The van der Waals surface area contributed by atoms with E-state index < -0.39 is 12.0 Å². The molecule has 1 saturated heterocycles. The molecule has 3 rings (SSSR count). The first kappa shape index (κ1) is 19.6. The highest BCUT2D eigenvalue weighted by molar-refractivity contribution is 5.77. The molecular weight excluding hydrogens is 342 g/mol. The van der Waals surface area contributed by atoms with E-state index in [1.165, 1.54) is 0 Å². The molecule has 6 nitrogen and oxygen atoms in total. The van der Waals surface area contributed by atoms with Crippen LogP contribution in [0.25, 0.3) is 5.69 Å². The van der Waals surface area contributed by atoms with E-state index in [2.05, 4.69) is 5.10 Å². The van der Waals surface area contributed by atoms with Crippen LogP contribution in [0.1, 0.15) is 41.4 Å². The fourth-order valence-corrected chi connectivity index (χ4v) is 3.94. The van der Waals surface area contributed by atoms with Crippen LogP contribution in [0.4, 0.5) is 0 Å². The van der Waals surface area contributed by atoms with Crippen LogP contribution in [-0.2, 0) is 9.53 Å². The molecule has 1 unspecified atom stereocenters. The van der Waals surface area contributed by atoms with Gasteiger partial charge in [0.05, 0.1) is 11.4 Å². The lowest BCUT2D eigenvalue weighted by Crippen LogP contribution is -2.36. The molecule has 0 radical (unpaired) electrons. The largest absolute Gasteiger partial charge is 0.480 e. The van der Waals surface area contributed by atoms with Crippen molar-refractivity contribution in [1.82, 2.24) is 14.7 Å². The molecule has 1 atom stereocenters. The summed E-state index contributed by atoms with van der Waals surface area (Å²) in [6.45, 7) is 8.22. The molecule has 0 aliphatic carbocycles. The van der Waals surface area contributed by atoms with E-state index in [-0.39, 0.29) is 0 Å². The lowest BCUT2D eigenvalue weighted by Gasteiger charge is -2.32. The molecular formula is C21H29N3O3. The Morgan fingerprint density at radius 3 is 2.59 bits per heavy atom. The van der Waals surface area contributed by atoms with Crippen LogP contribution < -0.4 is 0 Å². The van der Waals surface area contributed by atoms with Crippen molar-refractivity contribution in [1.29, 1.82) is 0 Å². The van der Waals surface area contributed by atoms with Crippen LogP contribution in [0.3, 0.4) is 0 Å². The summed E-state index contributed by atoms with van der Waals surface area (Å²) in [4.78, 5) is 14.2. The molecule has 1 aromatic carbocycles. The molecule has 0 bridgehead atoms. The van der Waals surface area contributed by atoms with Gasteiger partial charge in [-0.15, -0.1) is 0 Å². The first-order valence-electron chi connectivity index (χ1n) is 9.52. The Morgan fingerprint density at radius 1 is 1.30 bits per heavy atom. The summed E-state index contributed by atoms with van der Waals surface area (Å²) in [5.41, 5.74) is 4.61. The molecule has 1 aromatic heterocycles. The Hall–Kier alpha value is -2.18. The van der Waals surface area contributed by atoms with E-state index in [0.717, 1.165) is 60.8 Å². The summed E-state index contributed by atoms with van der Waals surface area (Å²) in [7, 11) is 1.90. The Morgan fingerprint density at radius 2 is 2.00 bits per heavy atom. The van der Waals surface area contributed by atoms with Gasteiger partial charge >= 0.3 is 5.97 Å². The minimum Gasteiger partial charge on any atom is -0.480 e. The van der Waals surface area contributed by atoms with Gasteiger partial charge in [0, 0.05) is 31.0 Å². The minimum absolute atomic E-state index is 0.466. The highest BCUT2D eigenvalue weighted by atomic mass is 16.5. The van der Waals surface area contributed by atoms with Crippen molar-refractivity contribution in [2.75, 3.05) is 26.8 Å². The topological polar surface area (TPSA) is 67.6 Å². The third-order valence-electron chi connectivity index (χ3n) is 5.28. The van der Waals surface area contributed by atoms with Crippen LogP contribution in [-0.4, -0.2) is 52.6 Å². The van der Waals surface area contributed by atoms with Gasteiger partial charge in [0.2, 0.25) is 0 Å². The van der Waals surface area contributed by atoms with E-state index in [9.17, 15) is 9.90 Å². The number of hydrogen-bond acceptors (Lipinski definition) is 4. The van der Waals surface area contributed by atoms with Crippen LogP contribution >= 0.6 is 0 Å². The maximum atomic E-state index is 12.2. The Bertz CT molecular complexity index is 809. The Labute approximate surface area is 160 Å². The summed E-state index contributed by atoms with van der Waals surface area (Å²) in [5.74, 6) is -0.371.